The Balaban J connectivity index is 2.43. The first-order valence-electron chi connectivity index (χ1n) is 5.34. The lowest BCUT2D eigenvalue weighted by atomic mass is 10.2. The zero-order chi connectivity index (χ0) is 13.1. The van der Waals surface area contributed by atoms with Crippen LogP contribution in [0, 0.1) is 18.3 Å². The molecule has 0 saturated carbocycles. The molecule has 0 spiro atoms. The van der Waals surface area contributed by atoms with E-state index in [0.717, 1.165) is 10.0 Å². The molecule has 0 aliphatic carbocycles. The van der Waals surface area contributed by atoms with Gasteiger partial charge in [-0.25, -0.2) is 0 Å². The summed E-state index contributed by atoms with van der Waals surface area (Å²) in [5, 5.41) is 9.03. The second-order valence-electron chi connectivity index (χ2n) is 3.90. The van der Waals surface area contributed by atoms with Crippen molar-refractivity contribution >= 4 is 21.6 Å². The summed E-state index contributed by atoms with van der Waals surface area (Å²) >= 11 is 3.35. The van der Waals surface area contributed by atoms with Gasteiger partial charge < -0.3 is 10.5 Å². The van der Waals surface area contributed by atoms with Crippen LogP contribution in [0.25, 0.3) is 0 Å². The number of nitrogen functional groups attached to an aromatic ring is 1. The van der Waals surface area contributed by atoms with Crippen molar-refractivity contribution in [3.8, 4) is 17.6 Å². The third-order valence-corrected chi connectivity index (χ3v) is 2.95. The van der Waals surface area contributed by atoms with Gasteiger partial charge in [-0.1, -0.05) is 22.0 Å². The SMILES string of the molecule is Cc1ccc(N)c(Oc2cc(Br)ccc2C#N)c1. The maximum absolute atomic E-state index is 9.03. The largest absolute Gasteiger partial charge is 0.454 e. The summed E-state index contributed by atoms with van der Waals surface area (Å²) in [4.78, 5) is 0. The van der Waals surface area contributed by atoms with E-state index in [9.17, 15) is 0 Å². The summed E-state index contributed by atoms with van der Waals surface area (Å²) in [6.07, 6.45) is 0. The van der Waals surface area contributed by atoms with Gasteiger partial charge in [-0.3, -0.25) is 0 Å². The van der Waals surface area contributed by atoms with Crippen LogP contribution in [0.2, 0.25) is 0 Å². The molecule has 3 nitrogen and oxygen atoms in total. The molecule has 18 heavy (non-hydrogen) atoms. The fourth-order valence-corrected chi connectivity index (χ4v) is 1.86. The highest BCUT2D eigenvalue weighted by Gasteiger charge is 2.08. The van der Waals surface area contributed by atoms with Crippen molar-refractivity contribution in [2.75, 3.05) is 5.73 Å². The van der Waals surface area contributed by atoms with Gasteiger partial charge in [0.2, 0.25) is 0 Å². The van der Waals surface area contributed by atoms with Crippen LogP contribution in [-0.4, -0.2) is 0 Å². The predicted molar refractivity (Wildman–Crippen MR) is 74.5 cm³/mol. The van der Waals surface area contributed by atoms with Gasteiger partial charge in [-0.05, 0) is 42.8 Å². The van der Waals surface area contributed by atoms with E-state index in [1.165, 1.54) is 0 Å². The molecule has 0 unspecified atom stereocenters. The lowest BCUT2D eigenvalue weighted by Gasteiger charge is -2.10. The van der Waals surface area contributed by atoms with Crippen molar-refractivity contribution in [2.45, 2.75) is 6.92 Å². The Morgan fingerprint density at radius 1 is 1.17 bits per heavy atom. The average Bonchev–Trinajstić information content (AvgIpc) is 2.34. The number of nitrogens with zero attached hydrogens (tertiary/aromatic N) is 1. The Bertz CT molecular complexity index is 632. The maximum Gasteiger partial charge on any atom is 0.150 e. The number of hydrogen-bond acceptors (Lipinski definition) is 3. The minimum absolute atomic E-state index is 0.471. The number of nitriles is 1. The minimum Gasteiger partial charge on any atom is -0.454 e. The molecule has 0 radical (unpaired) electrons. The molecule has 0 bridgehead atoms. The molecule has 0 aliphatic rings. The molecule has 4 heteroatoms. The molecular weight excluding hydrogens is 292 g/mol. The Kier molecular flexibility index (Phi) is 3.54. The van der Waals surface area contributed by atoms with Crippen molar-refractivity contribution in [3.63, 3.8) is 0 Å². The van der Waals surface area contributed by atoms with Gasteiger partial charge in [0.1, 0.15) is 11.8 Å². The number of hydrogen-bond donors (Lipinski definition) is 1. The molecule has 0 saturated heterocycles. The first kappa shape index (κ1) is 12.5. The highest BCUT2D eigenvalue weighted by atomic mass is 79.9. The van der Waals surface area contributed by atoms with E-state index in [4.69, 9.17) is 15.7 Å². The minimum atomic E-state index is 0.471. The molecular formula is C14H11BrN2O. The molecule has 90 valence electrons. The number of ether oxygens (including phenoxy) is 1. The summed E-state index contributed by atoms with van der Waals surface area (Å²) < 4.78 is 6.57. The topological polar surface area (TPSA) is 59.0 Å². The van der Waals surface area contributed by atoms with Crippen molar-refractivity contribution in [2.24, 2.45) is 0 Å². The van der Waals surface area contributed by atoms with Crippen LogP contribution in [0.3, 0.4) is 0 Å². The first-order valence-corrected chi connectivity index (χ1v) is 6.13. The lowest BCUT2D eigenvalue weighted by Crippen LogP contribution is -1.94. The average molecular weight is 303 g/mol. The number of benzene rings is 2. The third kappa shape index (κ3) is 2.63. The van der Waals surface area contributed by atoms with Gasteiger partial charge in [-0.2, -0.15) is 5.26 Å². The molecule has 0 amide bonds. The van der Waals surface area contributed by atoms with Gasteiger partial charge in [0, 0.05) is 4.47 Å². The molecule has 2 aromatic rings. The second kappa shape index (κ2) is 5.11. The molecule has 0 aliphatic heterocycles. The Morgan fingerprint density at radius 2 is 1.94 bits per heavy atom. The van der Waals surface area contributed by atoms with Gasteiger partial charge in [-0.15, -0.1) is 0 Å². The Labute approximate surface area is 114 Å². The fourth-order valence-electron chi connectivity index (χ4n) is 1.52. The summed E-state index contributed by atoms with van der Waals surface area (Å²) in [6, 6.07) is 12.9. The van der Waals surface area contributed by atoms with E-state index in [1.54, 1.807) is 24.3 Å². The van der Waals surface area contributed by atoms with E-state index in [2.05, 4.69) is 22.0 Å². The standard InChI is InChI=1S/C14H11BrN2O/c1-9-2-5-12(17)14(6-9)18-13-7-11(15)4-3-10(13)8-16/h2-7H,17H2,1H3. The van der Waals surface area contributed by atoms with E-state index in [0.29, 0.717) is 22.7 Å². The molecule has 0 atom stereocenters. The smallest absolute Gasteiger partial charge is 0.150 e. The fraction of sp³-hybridized carbons (Fsp3) is 0.0714. The molecule has 2 rings (SSSR count). The summed E-state index contributed by atoms with van der Waals surface area (Å²) in [5.74, 6) is 1.05. The molecule has 0 fully saturated rings. The monoisotopic (exact) mass is 302 g/mol. The van der Waals surface area contributed by atoms with Gasteiger partial charge >= 0.3 is 0 Å². The summed E-state index contributed by atoms with van der Waals surface area (Å²) in [6.45, 7) is 1.96. The summed E-state index contributed by atoms with van der Waals surface area (Å²) in [5.41, 5.74) is 7.91. The number of nitrogens with two attached hydrogens (primary N) is 1. The van der Waals surface area contributed by atoms with Crippen LogP contribution in [0.4, 0.5) is 5.69 Å². The number of rotatable bonds is 2. The quantitative estimate of drug-likeness (QED) is 0.853. The van der Waals surface area contributed by atoms with Gasteiger partial charge in [0.15, 0.2) is 5.75 Å². The van der Waals surface area contributed by atoms with Crippen LogP contribution >= 0.6 is 15.9 Å². The lowest BCUT2D eigenvalue weighted by molar-refractivity contribution is 0.483. The molecule has 0 heterocycles. The Hall–Kier alpha value is -1.99. The van der Waals surface area contributed by atoms with E-state index < -0.39 is 0 Å². The third-order valence-electron chi connectivity index (χ3n) is 2.45. The molecule has 0 aromatic heterocycles. The zero-order valence-electron chi connectivity index (χ0n) is 9.77. The highest BCUT2D eigenvalue weighted by molar-refractivity contribution is 9.10. The van der Waals surface area contributed by atoms with Crippen LogP contribution in [0.1, 0.15) is 11.1 Å². The van der Waals surface area contributed by atoms with E-state index >= 15 is 0 Å². The summed E-state index contributed by atoms with van der Waals surface area (Å²) in [7, 11) is 0. The highest BCUT2D eigenvalue weighted by Crippen LogP contribution is 2.32. The number of halogens is 1. The van der Waals surface area contributed by atoms with Crippen molar-refractivity contribution < 1.29 is 4.74 Å². The van der Waals surface area contributed by atoms with Crippen molar-refractivity contribution in [1.82, 2.24) is 0 Å². The zero-order valence-corrected chi connectivity index (χ0v) is 11.4. The molecule has 2 N–H and O–H groups in total. The van der Waals surface area contributed by atoms with Crippen LogP contribution in [0.5, 0.6) is 11.5 Å². The van der Waals surface area contributed by atoms with Crippen molar-refractivity contribution in [3.05, 3.63) is 52.0 Å². The van der Waals surface area contributed by atoms with Crippen LogP contribution in [-0.2, 0) is 0 Å². The van der Waals surface area contributed by atoms with Gasteiger partial charge in [0.25, 0.3) is 0 Å². The van der Waals surface area contributed by atoms with E-state index in [1.807, 2.05) is 19.1 Å². The van der Waals surface area contributed by atoms with Crippen LogP contribution < -0.4 is 10.5 Å². The van der Waals surface area contributed by atoms with Crippen LogP contribution in [0.15, 0.2) is 40.9 Å². The normalized spacial score (nSPS) is 9.83. The first-order chi connectivity index (χ1) is 8.60. The predicted octanol–water partition coefficient (Wildman–Crippen LogP) is 4.00. The maximum atomic E-state index is 9.03. The number of aryl methyl sites for hydroxylation is 1. The molecule has 2 aromatic carbocycles. The number of anilines is 1. The Morgan fingerprint density at radius 3 is 2.67 bits per heavy atom. The second-order valence-corrected chi connectivity index (χ2v) is 4.81. The van der Waals surface area contributed by atoms with Crippen molar-refractivity contribution in [1.29, 1.82) is 5.26 Å². The van der Waals surface area contributed by atoms with E-state index in [-0.39, 0.29) is 0 Å². The van der Waals surface area contributed by atoms with Gasteiger partial charge in [0.05, 0.1) is 11.3 Å².